The first kappa shape index (κ1) is 18.5. The molecule has 0 amide bonds. The van der Waals surface area contributed by atoms with Gasteiger partial charge >= 0.3 is 0 Å². The molecule has 0 aliphatic carbocycles. The number of halogens is 1. The number of rotatable bonds is 6. The van der Waals surface area contributed by atoms with Crippen molar-refractivity contribution in [2.45, 2.75) is 11.4 Å². The van der Waals surface area contributed by atoms with Crippen LogP contribution in [0, 0.1) is 0 Å². The molecule has 1 N–H and O–H groups in total. The maximum atomic E-state index is 12.2. The van der Waals surface area contributed by atoms with Crippen LogP contribution in [0.15, 0.2) is 81.2 Å². The maximum Gasteiger partial charge on any atom is 0.253 e. The van der Waals surface area contributed by atoms with E-state index in [-0.39, 0.29) is 23.5 Å². The van der Waals surface area contributed by atoms with Gasteiger partial charge < -0.3 is 0 Å². The van der Waals surface area contributed by atoms with Crippen LogP contribution in [0.25, 0.3) is 11.3 Å². The molecule has 0 radical (unpaired) electrons. The molecule has 134 valence electrons. The Kier molecular flexibility index (Phi) is 5.65. The van der Waals surface area contributed by atoms with E-state index in [2.05, 4.69) is 25.6 Å². The van der Waals surface area contributed by atoms with Crippen molar-refractivity contribution in [3.05, 3.63) is 81.8 Å². The highest BCUT2D eigenvalue weighted by molar-refractivity contribution is 9.10. The zero-order valence-electron chi connectivity index (χ0n) is 13.7. The van der Waals surface area contributed by atoms with Crippen LogP contribution in [0.1, 0.15) is 0 Å². The topological polar surface area (TPSA) is 81.1 Å². The predicted molar refractivity (Wildman–Crippen MR) is 103 cm³/mol. The molecule has 0 unspecified atom stereocenters. The largest absolute Gasteiger partial charge is 0.298 e. The molecule has 3 aromatic rings. The number of nitrogens with one attached hydrogen (secondary N) is 1. The Morgan fingerprint density at radius 2 is 1.73 bits per heavy atom. The van der Waals surface area contributed by atoms with Gasteiger partial charge in [-0.15, -0.1) is 0 Å². The molecule has 0 bridgehead atoms. The summed E-state index contributed by atoms with van der Waals surface area (Å²) >= 11 is 3.27. The van der Waals surface area contributed by atoms with Gasteiger partial charge in [0.1, 0.15) is 0 Å². The summed E-state index contributed by atoms with van der Waals surface area (Å²) in [6, 6.07) is 17.2. The lowest BCUT2D eigenvalue weighted by Gasteiger charge is -2.09. The highest BCUT2D eigenvalue weighted by Crippen LogP contribution is 2.15. The van der Waals surface area contributed by atoms with Gasteiger partial charge in [0.2, 0.25) is 10.0 Å². The summed E-state index contributed by atoms with van der Waals surface area (Å²) in [5.41, 5.74) is 1.21. The van der Waals surface area contributed by atoms with Crippen molar-refractivity contribution in [1.82, 2.24) is 14.3 Å². The van der Waals surface area contributed by atoms with Crippen LogP contribution in [0.2, 0.25) is 0 Å². The van der Waals surface area contributed by atoms with Gasteiger partial charge in [-0.05, 0) is 24.3 Å². The van der Waals surface area contributed by atoms with Crippen molar-refractivity contribution >= 4 is 26.0 Å². The van der Waals surface area contributed by atoms with E-state index in [4.69, 9.17) is 0 Å². The Labute approximate surface area is 159 Å². The van der Waals surface area contributed by atoms with Gasteiger partial charge in [-0.2, -0.15) is 0 Å². The summed E-state index contributed by atoms with van der Waals surface area (Å²) in [6.45, 7) is 0.279. The van der Waals surface area contributed by atoms with Gasteiger partial charge in [-0.1, -0.05) is 46.3 Å². The van der Waals surface area contributed by atoms with Crippen molar-refractivity contribution in [1.29, 1.82) is 0 Å². The molecule has 0 fully saturated rings. The SMILES string of the molecule is O=c1cc(-c2ccccc2)ncn1CCNS(=O)(=O)c1ccc(Br)cc1. The molecule has 8 heteroatoms. The average molecular weight is 434 g/mol. The molecule has 3 rings (SSSR count). The molecular weight excluding hydrogens is 418 g/mol. The average Bonchev–Trinajstić information content (AvgIpc) is 2.64. The number of sulfonamides is 1. The van der Waals surface area contributed by atoms with Crippen LogP contribution in [0.5, 0.6) is 0 Å². The summed E-state index contributed by atoms with van der Waals surface area (Å²) < 4.78 is 29.1. The predicted octanol–water partition coefficient (Wildman–Crippen LogP) is 2.65. The third-order valence-electron chi connectivity index (χ3n) is 3.72. The highest BCUT2D eigenvalue weighted by Gasteiger charge is 2.13. The van der Waals surface area contributed by atoms with E-state index in [9.17, 15) is 13.2 Å². The smallest absolute Gasteiger partial charge is 0.253 e. The minimum Gasteiger partial charge on any atom is -0.298 e. The van der Waals surface area contributed by atoms with E-state index in [1.807, 2.05) is 30.3 Å². The number of aromatic nitrogens is 2. The lowest BCUT2D eigenvalue weighted by Crippen LogP contribution is -2.30. The monoisotopic (exact) mass is 433 g/mol. The number of benzene rings is 2. The quantitative estimate of drug-likeness (QED) is 0.647. The molecule has 0 saturated carbocycles. The summed E-state index contributed by atoms with van der Waals surface area (Å²) in [6.07, 6.45) is 1.43. The van der Waals surface area contributed by atoms with Crippen LogP contribution in [-0.4, -0.2) is 24.5 Å². The van der Waals surface area contributed by atoms with E-state index >= 15 is 0 Å². The standard InChI is InChI=1S/C18H16BrN3O3S/c19-15-6-8-16(9-7-15)26(24,25)21-10-11-22-13-20-17(12-18(22)23)14-4-2-1-3-5-14/h1-9,12-13,21H,10-11H2. The van der Waals surface area contributed by atoms with Crippen LogP contribution >= 0.6 is 15.9 Å². The molecule has 26 heavy (non-hydrogen) atoms. The van der Waals surface area contributed by atoms with Gasteiger partial charge in [-0.25, -0.2) is 18.1 Å². The summed E-state index contributed by atoms with van der Waals surface area (Å²) in [4.78, 5) is 16.7. The van der Waals surface area contributed by atoms with Crippen LogP contribution in [0.3, 0.4) is 0 Å². The first-order valence-corrected chi connectivity index (χ1v) is 10.1. The second-order valence-electron chi connectivity index (χ2n) is 5.52. The molecular formula is C18H16BrN3O3S. The Hall–Kier alpha value is -2.29. The normalized spacial score (nSPS) is 11.4. The fourth-order valence-corrected chi connectivity index (χ4v) is 3.64. The van der Waals surface area contributed by atoms with E-state index in [0.29, 0.717) is 5.69 Å². The van der Waals surface area contributed by atoms with E-state index in [1.54, 1.807) is 12.1 Å². The molecule has 2 aromatic carbocycles. The van der Waals surface area contributed by atoms with Crippen molar-refractivity contribution in [3.63, 3.8) is 0 Å². The Morgan fingerprint density at radius 3 is 2.38 bits per heavy atom. The van der Waals surface area contributed by atoms with Crippen molar-refractivity contribution in [3.8, 4) is 11.3 Å². The first-order chi connectivity index (χ1) is 12.5. The van der Waals surface area contributed by atoms with Crippen molar-refractivity contribution in [2.24, 2.45) is 0 Å². The third-order valence-corrected chi connectivity index (χ3v) is 5.72. The number of hydrogen-bond acceptors (Lipinski definition) is 4. The zero-order valence-corrected chi connectivity index (χ0v) is 16.1. The highest BCUT2D eigenvalue weighted by atomic mass is 79.9. The van der Waals surface area contributed by atoms with Gasteiger partial charge in [0.15, 0.2) is 0 Å². The summed E-state index contributed by atoms with van der Waals surface area (Å²) in [7, 11) is -3.62. The second kappa shape index (κ2) is 7.94. The fourth-order valence-electron chi connectivity index (χ4n) is 2.36. The minimum absolute atomic E-state index is 0.0880. The zero-order chi connectivity index (χ0) is 18.6. The number of nitrogens with zero attached hydrogens (tertiary/aromatic N) is 2. The van der Waals surface area contributed by atoms with Gasteiger partial charge in [0, 0.05) is 29.2 Å². The molecule has 0 spiro atoms. The van der Waals surface area contributed by atoms with Crippen LogP contribution in [-0.2, 0) is 16.6 Å². The Bertz CT molecular complexity index is 1050. The van der Waals surface area contributed by atoms with E-state index in [0.717, 1.165) is 10.0 Å². The van der Waals surface area contributed by atoms with Gasteiger partial charge in [-0.3, -0.25) is 9.36 Å². The van der Waals surface area contributed by atoms with Crippen molar-refractivity contribution in [2.75, 3.05) is 6.54 Å². The van der Waals surface area contributed by atoms with Gasteiger partial charge in [0.25, 0.3) is 5.56 Å². The summed E-state index contributed by atoms with van der Waals surface area (Å²) in [5, 5.41) is 0. The van der Waals surface area contributed by atoms with Crippen LogP contribution < -0.4 is 10.3 Å². The third kappa shape index (κ3) is 4.46. The van der Waals surface area contributed by atoms with E-state index in [1.165, 1.54) is 29.1 Å². The number of hydrogen-bond donors (Lipinski definition) is 1. The lowest BCUT2D eigenvalue weighted by atomic mass is 10.1. The van der Waals surface area contributed by atoms with Gasteiger partial charge in [0.05, 0.1) is 16.9 Å². The molecule has 0 saturated heterocycles. The lowest BCUT2D eigenvalue weighted by molar-refractivity contribution is 0.569. The molecule has 0 aliphatic heterocycles. The van der Waals surface area contributed by atoms with Crippen LogP contribution in [0.4, 0.5) is 0 Å². The maximum absolute atomic E-state index is 12.2. The molecule has 0 atom stereocenters. The molecule has 1 aromatic heterocycles. The molecule has 1 heterocycles. The Morgan fingerprint density at radius 1 is 1.04 bits per heavy atom. The van der Waals surface area contributed by atoms with E-state index < -0.39 is 10.0 Å². The van der Waals surface area contributed by atoms with Crippen molar-refractivity contribution < 1.29 is 8.42 Å². The second-order valence-corrected chi connectivity index (χ2v) is 8.21. The fraction of sp³-hybridized carbons (Fsp3) is 0.111. The first-order valence-electron chi connectivity index (χ1n) is 7.83. The molecule has 6 nitrogen and oxygen atoms in total. The minimum atomic E-state index is -3.62. The summed E-state index contributed by atoms with van der Waals surface area (Å²) in [5.74, 6) is 0. The Balaban J connectivity index is 1.67. The molecule has 0 aliphatic rings.